The molecule has 9 nitrogen and oxygen atoms in total. The third-order valence-electron chi connectivity index (χ3n) is 2.03. The molecule has 0 atom stereocenters. The first-order chi connectivity index (χ1) is 10.6. The summed E-state index contributed by atoms with van der Waals surface area (Å²) in [5.41, 5.74) is 0. The molecule has 0 spiro atoms. The van der Waals surface area contributed by atoms with Crippen molar-refractivity contribution < 1.29 is 55.7 Å². The van der Waals surface area contributed by atoms with Crippen LogP contribution in [0.5, 0.6) is 11.5 Å². The third kappa shape index (κ3) is 4.25. The molecule has 0 saturated heterocycles. The highest BCUT2D eigenvalue weighted by Crippen LogP contribution is 2.31. The third-order valence-corrected chi connectivity index (χ3v) is 5.73. The van der Waals surface area contributed by atoms with Crippen LogP contribution in [0, 0.1) is 0 Å². The fourth-order valence-electron chi connectivity index (χ4n) is 1.05. The molecule has 24 heavy (non-hydrogen) atoms. The summed E-state index contributed by atoms with van der Waals surface area (Å²) in [7, 11) is -18.1. The molecule has 0 bridgehead atoms. The van der Waals surface area contributed by atoms with Gasteiger partial charge >= 0.3 is 40.7 Å². The molecule has 1 aromatic rings. The minimum atomic E-state index is -6.40. The minimum absolute atomic E-state index is 0.303. The van der Waals surface area contributed by atoms with Crippen molar-refractivity contribution in [1.82, 2.24) is 0 Å². The highest BCUT2D eigenvalue weighted by Gasteiger charge is 2.60. The molecule has 0 radical (unpaired) electrons. The van der Waals surface area contributed by atoms with Crippen molar-refractivity contribution in [2.24, 2.45) is 0 Å². The Hall–Kier alpha value is -1.65. The van der Waals surface area contributed by atoms with Gasteiger partial charge in [-0.25, -0.2) is 0 Å². The Morgan fingerprint density at radius 2 is 1.42 bits per heavy atom. The average Bonchev–Trinajstić information content (AvgIpc) is 2.36. The first-order valence-corrected chi connectivity index (χ1v) is 9.52. The van der Waals surface area contributed by atoms with Crippen LogP contribution in [-0.4, -0.2) is 40.2 Å². The Bertz CT molecular complexity index is 921. The van der Waals surface area contributed by atoms with E-state index in [1.165, 1.54) is 0 Å². The van der Waals surface area contributed by atoms with Crippen LogP contribution in [0.4, 0.5) is 17.6 Å². The van der Waals surface area contributed by atoms with Crippen LogP contribution in [0.25, 0.3) is 0 Å². The second-order valence-electron chi connectivity index (χ2n) is 3.79. The number of benzene rings is 1. The van der Waals surface area contributed by atoms with Gasteiger partial charge in [0.05, 0.1) is 0 Å². The van der Waals surface area contributed by atoms with E-state index < -0.39 is 52.2 Å². The second kappa shape index (κ2) is 6.34. The highest BCUT2D eigenvalue weighted by molar-refractivity contribution is 8.05. The van der Waals surface area contributed by atoms with Gasteiger partial charge in [0.1, 0.15) is 11.5 Å². The summed E-state index contributed by atoms with van der Waals surface area (Å²) in [6.45, 7) is 0. The van der Waals surface area contributed by atoms with E-state index in [4.69, 9.17) is 4.55 Å². The van der Waals surface area contributed by atoms with Gasteiger partial charge in [0, 0.05) is 6.07 Å². The molecule has 1 rings (SSSR count). The Kier molecular flexibility index (Phi) is 5.39. The molecule has 0 fully saturated rings. The maximum absolute atomic E-state index is 13.1. The zero-order valence-electron chi connectivity index (χ0n) is 10.8. The lowest BCUT2D eigenvalue weighted by Gasteiger charge is -2.14. The molecule has 0 aromatic heterocycles. The van der Waals surface area contributed by atoms with Crippen LogP contribution >= 0.6 is 0 Å². The molecule has 0 amide bonds. The quantitative estimate of drug-likeness (QED) is 0.386. The van der Waals surface area contributed by atoms with Crippen LogP contribution < -0.4 is 8.37 Å². The zero-order chi connectivity index (χ0) is 19.0. The number of rotatable bonds is 7. The fraction of sp³-hybridized carbons (Fsp3) is 0.250. The number of hydrogen-bond donors (Lipinski definition) is 1. The number of halogens is 4. The van der Waals surface area contributed by atoms with E-state index in [1.54, 1.807) is 0 Å². The van der Waals surface area contributed by atoms with Gasteiger partial charge in [-0.1, -0.05) is 6.07 Å². The Morgan fingerprint density at radius 3 is 1.83 bits per heavy atom. The van der Waals surface area contributed by atoms with E-state index in [2.05, 4.69) is 8.37 Å². The summed E-state index contributed by atoms with van der Waals surface area (Å²) in [5.74, 6) is -5.98. The molecule has 1 N–H and O–H groups in total. The van der Waals surface area contributed by atoms with E-state index in [0.29, 0.717) is 12.1 Å². The zero-order valence-corrected chi connectivity index (χ0v) is 13.3. The largest absolute Gasteiger partial charge is 0.506 e. The van der Waals surface area contributed by atoms with Crippen LogP contribution in [0.15, 0.2) is 24.3 Å². The van der Waals surface area contributed by atoms with Crippen LogP contribution in [0.2, 0.25) is 0 Å². The predicted molar refractivity (Wildman–Crippen MR) is 68.0 cm³/mol. The summed E-state index contributed by atoms with van der Waals surface area (Å²) in [6.07, 6.45) is 0. The first-order valence-electron chi connectivity index (χ1n) is 5.20. The van der Waals surface area contributed by atoms with Crippen molar-refractivity contribution in [3.8, 4) is 11.5 Å². The van der Waals surface area contributed by atoms with E-state index >= 15 is 0 Å². The first kappa shape index (κ1) is 20.4. The van der Waals surface area contributed by atoms with Gasteiger partial charge in [0.25, 0.3) is 0 Å². The van der Waals surface area contributed by atoms with E-state index in [0.717, 1.165) is 12.1 Å². The molecule has 1 aromatic carbocycles. The monoisotopic (exact) mass is 418 g/mol. The van der Waals surface area contributed by atoms with Crippen LogP contribution in [-0.2, 0) is 30.4 Å². The number of alkyl halides is 4. The van der Waals surface area contributed by atoms with Crippen molar-refractivity contribution >= 4 is 30.4 Å². The van der Waals surface area contributed by atoms with Gasteiger partial charge < -0.3 is 8.37 Å². The summed E-state index contributed by atoms with van der Waals surface area (Å²) in [5, 5.41) is 0. The number of hydrogen-bond acceptors (Lipinski definition) is 8. The second-order valence-corrected chi connectivity index (χ2v) is 8.61. The lowest BCUT2D eigenvalue weighted by molar-refractivity contribution is 0.155. The fourth-order valence-corrected chi connectivity index (χ4v) is 3.09. The average molecular weight is 418 g/mol. The van der Waals surface area contributed by atoms with E-state index in [-0.39, 0.29) is 0 Å². The standard InChI is InChI=1S/C8H6F4O9S3/c9-7(10)22(13,14)20-5-2-1-3-6(4-5)21-24(18,19)8(11,12)23(15,16)17/h1-4,7H,(H,15,16,17). The summed E-state index contributed by atoms with van der Waals surface area (Å²) >= 11 is 0. The molecule has 0 aliphatic rings. The van der Waals surface area contributed by atoms with Crippen LogP contribution in [0.1, 0.15) is 0 Å². The van der Waals surface area contributed by atoms with Gasteiger partial charge in [-0.3, -0.25) is 4.55 Å². The molecule has 138 valence electrons. The molecule has 16 heteroatoms. The summed E-state index contributed by atoms with van der Waals surface area (Å²) in [4.78, 5) is 0. The topological polar surface area (TPSA) is 141 Å². The van der Waals surface area contributed by atoms with E-state index in [1.807, 2.05) is 0 Å². The van der Waals surface area contributed by atoms with Gasteiger partial charge in [-0.15, -0.1) is 0 Å². The molecular weight excluding hydrogens is 412 g/mol. The molecule has 0 heterocycles. The van der Waals surface area contributed by atoms with Crippen molar-refractivity contribution in [2.45, 2.75) is 10.3 Å². The van der Waals surface area contributed by atoms with Crippen molar-refractivity contribution in [2.75, 3.05) is 0 Å². The Morgan fingerprint density at radius 1 is 0.958 bits per heavy atom. The Balaban J connectivity index is 3.17. The highest BCUT2D eigenvalue weighted by atomic mass is 32.3. The van der Waals surface area contributed by atoms with Crippen molar-refractivity contribution in [3.05, 3.63) is 24.3 Å². The molecular formula is C8H6F4O9S3. The Labute approximate surface area is 132 Å². The SMILES string of the molecule is O=S(=O)(Oc1cccc(OS(=O)(=O)C(F)(F)S(=O)(=O)O)c1)C(F)F. The molecule has 0 aliphatic heterocycles. The lowest BCUT2D eigenvalue weighted by Crippen LogP contribution is -2.40. The van der Waals surface area contributed by atoms with Crippen LogP contribution in [0.3, 0.4) is 0 Å². The van der Waals surface area contributed by atoms with Gasteiger partial charge in [0.15, 0.2) is 0 Å². The van der Waals surface area contributed by atoms with E-state index in [9.17, 15) is 42.8 Å². The minimum Gasteiger partial charge on any atom is -0.378 e. The van der Waals surface area contributed by atoms with Gasteiger partial charge in [0.2, 0.25) is 0 Å². The summed E-state index contributed by atoms with van der Waals surface area (Å²) < 4.78 is 125. The maximum atomic E-state index is 13.1. The van der Waals surface area contributed by atoms with Gasteiger partial charge in [-0.05, 0) is 12.1 Å². The molecule has 0 unspecified atom stereocenters. The normalized spacial score (nSPS) is 13.8. The van der Waals surface area contributed by atoms with Gasteiger partial charge in [-0.2, -0.15) is 42.8 Å². The predicted octanol–water partition coefficient (Wildman–Crippen LogP) is 0.765. The molecule has 0 saturated carbocycles. The maximum Gasteiger partial charge on any atom is 0.506 e. The van der Waals surface area contributed by atoms with Crippen molar-refractivity contribution in [1.29, 1.82) is 0 Å². The smallest absolute Gasteiger partial charge is 0.378 e. The lowest BCUT2D eigenvalue weighted by atomic mass is 10.3. The summed E-state index contributed by atoms with van der Waals surface area (Å²) in [6, 6.07) is 2.45. The molecule has 0 aliphatic carbocycles. The van der Waals surface area contributed by atoms with Crippen molar-refractivity contribution in [3.63, 3.8) is 0 Å².